The maximum absolute atomic E-state index is 13.9. The lowest BCUT2D eigenvalue weighted by Gasteiger charge is -2.36. The summed E-state index contributed by atoms with van der Waals surface area (Å²) in [5.41, 5.74) is 1.99. The van der Waals surface area contributed by atoms with Crippen LogP contribution in [0.4, 0.5) is 8.78 Å². The van der Waals surface area contributed by atoms with E-state index >= 15 is 0 Å². The van der Waals surface area contributed by atoms with Crippen LogP contribution in [0.2, 0.25) is 0 Å². The molecule has 1 aliphatic rings. The highest BCUT2D eigenvalue weighted by atomic mass is 32.2. The van der Waals surface area contributed by atoms with Gasteiger partial charge in [0, 0.05) is 36.6 Å². The Morgan fingerprint density at radius 2 is 2.00 bits per heavy atom. The summed E-state index contributed by atoms with van der Waals surface area (Å²) in [6.45, 7) is 1.50. The van der Waals surface area contributed by atoms with Crippen LogP contribution in [0.25, 0.3) is 11.3 Å². The first-order chi connectivity index (χ1) is 14.2. The largest absolute Gasteiger partial charge is 0.493 e. The highest BCUT2D eigenvalue weighted by Gasteiger charge is 2.42. The molecule has 2 aromatic rings. The van der Waals surface area contributed by atoms with Crippen molar-refractivity contribution in [3.8, 4) is 23.1 Å². The quantitative estimate of drug-likeness (QED) is 0.715. The van der Waals surface area contributed by atoms with Crippen molar-refractivity contribution in [3.63, 3.8) is 0 Å². The highest BCUT2D eigenvalue weighted by Crippen LogP contribution is 2.37. The number of nitriles is 1. The summed E-state index contributed by atoms with van der Waals surface area (Å²) in [7, 11) is -3.49. The molecule has 1 aromatic carbocycles. The van der Waals surface area contributed by atoms with E-state index in [0.717, 1.165) is 5.56 Å². The molecule has 6 nitrogen and oxygen atoms in total. The van der Waals surface area contributed by atoms with Gasteiger partial charge in [0.05, 0.1) is 23.6 Å². The van der Waals surface area contributed by atoms with E-state index in [1.54, 1.807) is 36.4 Å². The van der Waals surface area contributed by atoms with Crippen molar-refractivity contribution < 1.29 is 21.9 Å². The number of hydrogen-bond donors (Lipinski definition) is 1. The van der Waals surface area contributed by atoms with Crippen LogP contribution in [0.1, 0.15) is 31.7 Å². The Morgan fingerprint density at radius 3 is 2.60 bits per heavy atom. The Morgan fingerprint density at radius 1 is 1.27 bits per heavy atom. The van der Waals surface area contributed by atoms with Crippen LogP contribution in [0.3, 0.4) is 0 Å². The van der Waals surface area contributed by atoms with Crippen molar-refractivity contribution in [3.05, 3.63) is 48.2 Å². The lowest BCUT2D eigenvalue weighted by molar-refractivity contribution is -0.0660. The van der Waals surface area contributed by atoms with Crippen LogP contribution in [0, 0.1) is 17.2 Å². The number of pyridine rings is 1. The van der Waals surface area contributed by atoms with Gasteiger partial charge in [0.15, 0.2) is 0 Å². The second-order valence-electron chi connectivity index (χ2n) is 7.37. The third-order valence-electron chi connectivity index (χ3n) is 5.17. The number of sulfonamides is 1. The molecule has 1 fully saturated rings. The standard InChI is InChI=1S/C21H23F2N3O3S/c1-2-30(27,28)26-20-9-10-21(22,23)11-17(20)14-29-18-6-4-16(5-7-18)19-8-3-15(12-24)13-25-19/h3-8,13,17,20,26H,2,9-11,14H2,1H3/t17-,20+/m1/s1. The van der Waals surface area contributed by atoms with Crippen molar-refractivity contribution in [1.82, 2.24) is 9.71 Å². The fourth-order valence-corrected chi connectivity index (χ4v) is 4.37. The molecule has 1 saturated carbocycles. The summed E-state index contributed by atoms with van der Waals surface area (Å²) >= 11 is 0. The molecular formula is C21H23F2N3O3S. The summed E-state index contributed by atoms with van der Waals surface area (Å²) in [4.78, 5) is 4.23. The lowest BCUT2D eigenvalue weighted by Crippen LogP contribution is -2.48. The Kier molecular flexibility index (Phi) is 6.68. The average Bonchev–Trinajstić information content (AvgIpc) is 2.74. The number of nitrogens with one attached hydrogen (secondary N) is 1. The van der Waals surface area contributed by atoms with Crippen LogP contribution in [0.5, 0.6) is 5.75 Å². The molecular weight excluding hydrogens is 412 g/mol. The zero-order valence-corrected chi connectivity index (χ0v) is 17.3. The molecule has 9 heteroatoms. The molecule has 1 aromatic heterocycles. The van der Waals surface area contributed by atoms with Crippen molar-refractivity contribution in [2.24, 2.45) is 5.92 Å². The average molecular weight is 435 g/mol. The first kappa shape index (κ1) is 22.1. The fraction of sp³-hybridized carbons (Fsp3) is 0.429. The fourth-order valence-electron chi connectivity index (χ4n) is 3.43. The molecule has 0 bridgehead atoms. The van der Waals surface area contributed by atoms with Crippen molar-refractivity contribution in [1.29, 1.82) is 5.26 Å². The molecule has 2 atom stereocenters. The van der Waals surface area contributed by atoms with E-state index < -0.39 is 34.3 Å². The molecule has 0 aliphatic heterocycles. The van der Waals surface area contributed by atoms with Crippen LogP contribution in [-0.4, -0.2) is 37.7 Å². The minimum Gasteiger partial charge on any atom is -0.493 e. The van der Waals surface area contributed by atoms with E-state index in [1.807, 2.05) is 6.07 Å². The van der Waals surface area contributed by atoms with Crippen LogP contribution in [-0.2, 0) is 10.0 Å². The molecule has 160 valence electrons. The predicted molar refractivity (Wildman–Crippen MR) is 109 cm³/mol. The Hall–Kier alpha value is -2.57. The van der Waals surface area contributed by atoms with E-state index in [1.165, 1.54) is 13.1 Å². The van der Waals surface area contributed by atoms with E-state index in [2.05, 4.69) is 9.71 Å². The molecule has 1 N–H and O–H groups in total. The first-order valence-corrected chi connectivity index (χ1v) is 11.3. The van der Waals surface area contributed by atoms with Gasteiger partial charge in [-0.1, -0.05) is 0 Å². The maximum atomic E-state index is 13.9. The van der Waals surface area contributed by atoms with Gasteiger partial charge in [-0.05, 0) is 49.7 Å². The second-order valence-corrected chi connectivity index (χ2v) is 9.41. The van der Waals surface area contributed by atoms with Crippen LogP contribution < -0.4 is 9.46 Å². The second kappa shape index (κ2) is 9.06. The summed E-state index contributed by atoms with van der Waals surface area (Å²) in [6.07, 6.45) is 0.799. The molecule has 3 rings (SSSR count). The predicted octanol–water partition coefficient (Wildman–Crippen LogP) is 3.74. The van der Waals surface area contributed by atoms with Gasteiger partial charge in [-0.15, -0.1) is 0 Å². The molecule has 1 aliphatic carbocycles. The molecule has 0 spiro atoms. The summed E-state index contributed by atoms with van der Waals surface area (Å²) in [5, 5.41) is 8.84. The SMILES string of the molecule is CCS(=O)(=O)N[C@H]1CCC(F)(F)C[C@@H]1COc1ccc(-c2ccc(C#N)cn2)cc1. The molecule has 0 saturated heterocycles. The van der Waals surface area contributed by atoms with E-state index in [0.29, 0.717) is 17.0 Å². The minimum atomic E-state index is -3.49. The van der Waals surface area contributed by atoms with Gasteiger partial charge < -0.3 is 4.74 Å². The normalized spacial score (nSPS) is 21.0. The van der Waals surface area contributed by atoms with Crippen LogP contribution in [0.15, 0.2) is 42.6 Å². The number of aromatic nitrogens is 1. The highest BCUT2D eigenvalue weighted by molar-refractivity contribution is 7.89. The van der Waals surface area contributed by atoms with Gasteiger partial charge in [0.2, 0.25) is 15.9 Å². The zero-order valence-electron chi connectivity index (χ0n) is 16.5. The third-order valence-corrected chi connectivity index (χ3v) is 6.59. The smallest absolute Gasteiger partial charge is 0.248 e. The van der Waals surface area contributed by atoms with Gasteiger partial charge in [-0.2, -0.15) is 5.26 Å². The molecule has 0 radical (unpaired) electrons. The minimum absolute atomic E-state index is 0.0129. The number of alkyl halides is 2. The molecule has 1 heterocycles. The van der Waals surface area contributed by atoms with Gasteiger partial charge >= 0.3 is 0 Å². The zero-order chi connectivity index (χ0) is 21.8. The van der Waals surface area contributed by atoms with E-state index in [9.17, 15) is 17.2 Å². The van der Waals surface area contributed by atoms with Crippen molar-refractivity contribution in [2.75, 3.05) is 12.4 Å². The Balaban J connectivity index is 1.66. The van der Waals surface area contributed by atoms with E-state index in [-0.39, 0.29) is 25.2 Å². The molecule has 30 heavy (non-hydrogen) atoms. The van der Waals surface area contributed by atoms with Gasteiger partial charge in [0.1, 0.15) is 11.8 Å². The van der Waals surface area contributed by atoms with E-state index in [4.69, 9.17) is 10.00 Å². The maximum Gasteiger partial charge on any atom is 0.248 e. The molecule has 0 amide bonds. The summed E-state index contributed by atoms with van der Waals surface area (Å²) in [5.74, 6) is -3.06. The number of ether oxygens (including phenoxy) is 1. The van der Waals surface area contributed by atoms with Crippen molar-refractivity contribution >= 4 is 10.0 Å². The lowest BCUT2D eigenvalue weighted by atomic mass is 9.83. The monoisotopic (exact) mass is 435 g/mol. The van der Waals surface area contributed by atoms with Gasteiger partial charge in [-0.3, -0.25) is 4.98 Å². The molecule has 0 unspecified atom stereocenters. The van der Waals surface area contributed by atoms with Gasteiger partial charge in [0.25, 0.3) is 0 Å². The summed E-state index contributed by atoms with van der Waals surface area (Å²) < 4.78 is 59.9. The number of halogens is 2. The first-order valence-electron chi connectivity index (χ1n) is 9.68. The topological polar surface area (TPSA) is 92.1 Å². The number of benzene rings is 1. The Bertz CT molecular complexity index is 1000. The number of hydrogen-bond acceptors (Lipinski definition) is 5. The third kappa shape index (κ3) is 5.74. The number of nitrogens with zero attached hydrogens (tertiary/aromatic N) is 2. The van der Waals surface area contributed by atoms with Crippen LogP contribution >= 0.6 is 0 Å². The Labute approximate surface area is 174 Å². The summed E-state index contributed by atoms with van der Waals surface area (Å²) in [6, 6.07) is 11.8. The van der Waals surface area contributed by atoms with Crippen molar-refractivity contribution in [2.45, 2.75) is 38.2 Å². The number of rotatable bonds is 7. The van der Waals surface area contributed by atoms with Gasteiger partial charge in [-0.25, -0.2) is 21.9 Å².